The van der Waals surface area contributed by atoms with Gasteiger partial charge in [0, 0.05) is 36.8 Å². The van der Waals surface area contributed by atoms with Crippen LogP contribution in [0.5, 0.6) is 0 Å². The molecule has 0 aliphatic carbocycles. The number of benzene rings is 1. The van der Waals surface area contributed by atoms with Crippen molar-refractivity contribution < 1.29 is 0 Å². The molecule has 0 amide bonds. The molecule has 3 heteroatoms. The minimum atomic E-state index is 0.983. The highest BCUT2D eigenvalue weighted by Crippen LogP contribution is 2.24. The molecule has 1 saturated heterocycles. The fraction of sp³-hybridized carbons (Fsp3) is 0.571. The Morgan fingerprint density at radius 1 is 1.29 bits per heavy atom. The summed E-state index contributed by atoms with van der Waals surface area (Å²) in [7, 11) is 0. The molecule has 0 unspecified atom stereocenters. The van der Waals surface area contributed by atoms with Crippen molar-refractivity contribution >= 4 is 17.4 Å². The first-order valence-electron chi connectivity index (χ1n) is 6.44. The Kier molecular flexibility index (Phi) is 4.75. The van der Waals surface area contributed by atoms with Crippen molar-refractivity contribution in [2.24, 2.45) is 0 Å². The zero-order chi connectivity index (χ0) is 12.1. The van der Waals surface area contributed by atoms with Crippen molar-refractivity contribution in [1.82, 2.24) is 5.32 Å². The Balaban J connectivity index is 2.18. The molecule has 0 saturated carbocycles. The molecule has 2 rings (SSSR count). The lowest BCUT2D eigenvalue weighted by Crippen LogP contribution is -2.33. The Hall–Kier alpha value is -0.670. The minimum Gasteiger partial charge on any atom is -0.370 e. The molecule has 2 nitrogen and oxygen atoms in total. The van der Waals surface area contributed by atoms with Crippen LogP contribution in [-0.2, 0) is 6.54 Å². The van der Waals surface area contributed by atoms with E-state index in [0.29, 0.717) is 0 Å². The first-order chi connectivity index (χ1) is 8.31. The van der Waals surface area contributed by atoms with Crippen molar-refractivity contribution in [2.45, 2.75) is 20.4 Å². The maximum absolute atomic E-state index is 3.44. The Morgan fingerprint density at radius 2 is 2.06 bits per heavy atom. The van der Waals surface area contributed by atoms with Gasteiger partial charge in [-0.25, -0.2) is 0 Å². The van der Waals surface area contributed by atoms with Gasteiger partial charge in [-0.15, -0.1) is 0 Å². The lowest BCUT2D eigenvalue weighted by atomic mass is 10.1. The second-order valence-corrected chi connectivity index (χ2v) is 5.74. The SMILES string of the molecule is CCNCc1cc(C)ccc1N1CCSCC1. The lowest BCUT2D eigenvalue weighted by Gasteiger charge is -2.30. The minimum absolute atomic E-state index is 0.983. The van der Waals surface area contributed by atoms with Crippen molar-refractivity contribution in [3.05, 3.63) is 29.3 Å². The van der Waals surface area contributed by atoms with Gasteiger partial charge < -0.3 is 10.2 Å². The van der Waals surface area contributed by atoms with Gasteiger partial charge in [-0.1, -0.05) is 24.6 Å². The normalized spacial score (nSPS) is 16.2. The Labute approximate surface area is 109 Å². The van der Waals surface area contributed by atoms with E-state index >= 15 is 0 Å². The van der Waals surface area contributed by atoms with Crippen LogP contribution in [0.3, 0.4) is 0 Å². The number of hydrogen-bond donors (Lipinski definition) is 1. The third-order valence-corrected chi connectivity index (χ3v) is 4.09. The molecular weight excluding hydrogens is 228 g/mol. The molecule has 1 aliphatic heterocycles. The summed E-state index contributed by atoms with van der Waals surface area (Å²) < 4.78 is 0. The van der Waals surface area contributed by atoms with Crippen molar-refractivity contribution in [2.75, 3.05) is 36.0 Å². The van der Waals surface area contributed by atoms with E-state index in [4.69, 9.17) is 0 Å². The van der Waals surface area contributed by atoms with E-state index in [0.717, 1.165) is 13.1 Å². The van der Waals surface area contributed by atoms with Gasteiger partial charge in [0.05, 0.1) is 0 Å². The third-order valence-electron chi connectivity index (χ3n) is 3.15. The molecule has 0 aromatic heterocycles. The largest absolute Gasteiger partial charge is 0.370 e. The highest BCUT2D eigenvalue weighted by Gasteiger charge is 2.14. The van der Waals surface area contributed by atoms with Gasteiger partial charge in [0.2, 0.25) is 0 Å². The van der Waals surface area contributed by atoms with E-state index in [2.05, 4.69) is 54.0 Å². The summed E-state index contributed by atoms with van der Waals surface area (Å²) >= 11 is 2.06. The van der Waals surface area contributed by atoms with Gasteiger partial charge in [-0.3, -0.25) is 0 Å². The zero-order valence-electron chi connectivity index (χ0n) is 10.8. The number of nitrogens with one attached hydrogen (secondary N) is 1. The van der Waals surface area contributed by atoms with Gasteiger partial charge in [0.25, 0.3) is 0 Å². The van der Waals surface area contributed by atoms with E-state index in [-0.39, 0.29) is 0 Å². The molecule has 0 radical (unpaired) electrons. The van der Waals surface area contributed by atoms with Crippen LogP contribution >= 0.6 is 11.8 Å². The van der Waals surface area contributed by atoms with E-state index in [1.807, 2.05) is 0 Å². The first kappa shape index (κ1) is 12.8. The van der Waals surface area contributed by atoms with E-state index in [9.17, 15) is 0 Å². The molecule has 1 aliphatic rings. The van der Waals surface area contributed by atoms with Gasteiger partial charge in [-0.05, 0) is 25.1 Å². The summed E-state index contributed by atoms with van der Waals surface area (Å²) in [6.07, 6.45) is 0. The molecule has 0 bridgehead atoms. The lowest BCUT2D eigenvalue weighted by molar-refractivity contribution is 0.720. The van der Waals surface area contributed by atoms with Gasteiger partial charge in [0.15, 0.2) is 0 Å². The molecule has 0 spiro atoms. The van der Waals surface area contributed by atoms with E-state index in [1.165, 1.54) is 41.4 Å². The number of thioether (sulfide) groups is 1. The average Bonchev–Trinajstić information content (AvgIpc) is 2.37. The number of anilines is 1. The van der Waals surface area contributed by atoms with Gasteiger partial charge >= 0.3 is 0 Å². The molecular formula is C14H22N2S. The maximum atomic E-state index is 3.44. The average molecular weight is 250 g/mol. The zero-order valence-corrected chi connectivity index (χ0v) is 11.6. The third kappa shape index (κ3) is 3.39. The molecule has 1 N–H and O–H groups in total. The Bertz CT molecular complexity index is 359. The summed E-state index contributed by atoms with van der Waals surface area (Å²) in [5, 5.41) is 3.44. The Morgan fingerprint density at radius 3 is 2.76 bits per heavy atom. The number of aryl methyl sites for hydroxylation is 1. The summed E-state index contributed by atoms with van der Waals surface area (Å²) in [6, 6.07) is 6.84. The van der Waals surface area contributed by atoms with Crippen LogP contribution in [0, 0.1) is 6.92 Å². The smallest absolute Gasteiger partial charge is 0.0412 e. The van der Waals surface area contributed by atoms with Crippen LogP contribution in [0.1, 0.15) is 18.1 Å². The second kappa shape index (κ2) is 6.31. The maximum Gasteiger partial charge on any atom is 0.0412 e. The predicted octanol–water partition coefficient (Wildman–Crippen LogP) is 2.66. The predicted molar refractivity (Wildman–Crippen MR) is 78.1 cm³/mol. The molecule has 1 heterocycles. The monoisotopic (exact) mass is 250 g/mol. The molecule has 0 atom stereocenters. The van der Waals surface area contributed by atoms with Crippen LogP contribution in [-0.4, -0.2) is 31.1 Å². The van der Waals surface area contributed by atoms with Crippen LogP contribution in [0.4, 0.5) is 5.69 Å². The van der Waals surface area contributed by atoms with Crippen molar-refractivity contribution in [1.29, 1.82) is 0 Å². The molecule has 94 valence electrons. The fourth-order valence-corrected chi connectivity index (χ4v) is 3.13. The van der Waals surface area contributed by atoms with Crippen molar-refractivity contribution in [3.63, 3.8) is 0 Å². The summed E-state index contributed by atoms with van der Waals surface area (Å²) in [5.74, 6) is 2.52. The number of rotatable bonds is 4. The van der Waals surface area contributed by atoms with Crippen LogP contribution < -0.4 is 10.2 Å². The number of nitrogens with zero attached hydrogens (tertiary/aromatic N) is 1. The van der Waals surface area contributed by atoms with Crippen molar-refractivity contribution in [3.8, 4) is 0 Å². The van der Waals surface area contributed by atoms with E-state index in [1.54, 1.807) is 0 Å². The van der Waals surface area contributed by atoms with Gasteiger partial charge in [0.1, 0.15) is 0 Å². The summed E-state index contributed by atoms with van der Waals surface area (Å²) in [5.41, 5.74) is 4.23. The fourth-order valence-electron chi connectivity index (χ4n) is 2.23. The highest BCUT2D eigenvalue weighted by molar-refractivity contribution is 7.99. The topological polar surface area (TPSA) is 15.3 Å². The van der Waals surface area contributed by atoms with Crippen LogP contribution in [0.15, 0.2) is 18.2 Å². The van der Waals surface area contributed by atoms with Gasteiger partial charge in [-0.2, -0.15) is 11.8 Å². The number of hydrogen-bond acceptors (Lipinski definition) is 3. The summed E-state index contributed by atoms with van der Waals surface area (Å²) in [6.45, 7) is 8.72. The highest BCUT2D eigenvalue weighted by atomic mass is 32.2. The molecule has 1 fully saturated rings. The molecule has 1 aromatic rings. The van der Waals surface area contributed by atoms with E-state index < -0.39 is 0 Å². The van der Waals surface area contributed by atoms with Crippen LogP contribution in [0.25, 0.3) is 0 Å². The first-order valence-corrected chi connectivity index (χ1v) is 7.59. The second-order valence-electron chi connectivity index (χ2n) is 4.51. The summed E-state index contributed by atoms with van der Waals surface area (Å²) in [4.78, 5) is 2.53. The quantitative estimate of drug-likeness (QED) is 0.884. The molecule has 1 aromatic carbocycles. The van der Waals surface area contributed by atoms with Crippen LogP contribution in [0.2, 0.25) is 0 Å². The molecule has 17 heavy (non-hydrogen) atoms. The standard InChI is InChI=1S/C14H22N2S/c1-3-15-11-13-10-12(2)4-5-14(13)16-6-8-17-9-7-16/h4-5,10,15H,3,6-9,11H2,1-2H3.